The minimum atomic E-state index is -0.726. The smallest absolute Gasteiger partial charge is 0.328 e. The van der Waals surface area contributed by atoms with Gasteiger partial charge >= 0.3 is 5.97 Å². The molecule has 0 fully saturated rings. The topological polar surface area (TPSA) is 52.3 Å². The Labute approximate surface area is 102 Å². The molecule has 82 valence electrons. The first kappa shape index (κ1) is 12.6. The second-order valence-electron chi connectivity index (χ2n) is 2.91. The molecule has 0 bridgehead atoms. The standard InChI is InChI=1S/C9H8Cl3NO2/c1-4(13)9(14)15-8-3-6(11)5(10)2-7(8)12/h2-4H,13H2,1H3/t4-/m0/s1. The van der Waals surface area contributed by atoms with Crippen LogP contribution in [0.15, 0.2) is 12.1 Å². The van der Waals surface area contributed by atoms with Crippen LogP contribution in [0.3, 0.4) is 0 Å². The number of benzene rings is 1. The lowest BCUT2D eigenvalue weighted by molar-refractivity contribution is -0.135. The molecular formula is C9H8Cl3NO2. The van der Waals surface area contributed by atoms with Gasteiger partial charge in [0, 0.05) is 6.07 Å². The zero-order valence-electron chi connectivity index (χ0n) is 7.76. The third kappa shape index (κ3) is 3.24. The summed E-state index contributed by atoms with van der Waals surface area (Å²) < 4.78 is 4.90. The van der Waals surface area contributed by atoms with Gasteiger partial charge in [0.1, 0.15) is 6.04 Å². The first-order valence-electron chi connectivity index (χ1n) is 4.03. The summed E-state index contributed by atoms with van der Waals surface area (Å²) in [4.78, 5) is 11.2. The highest BCUT2D eigenvalue weighted by Gasteiger charge is 2.14. The Morgan fingerprint density at radius 2 is 1.80 bits per heavy atom. The fourth-order valence-corrected chi connectivity index (χ4v) is 1.36. The van der Waals surface area contributed by atoms with Crippen molar-refractivity contribution in [1.82, 2.24) is 0 Å². The van der Waals surface area contributed by atoms with Gasteiger partial charge in [0.2, 0.25) is 0 Å². The molecule has 0 heterocycles. The quantitative estimate of drug-likeness (QED) is 0.510. The Morgan fingerprint density at radius 1 is 1.27 bits per heavy atom. The summed E-state index contributed by atoms with van der Waals surface area (Å²) in [6.07, 6.45) is 0. The van der Waals surface area contributed by atoms with Crippen molar-refractivity contribution < 1.29 is 9.53 Å². The van der Waals surface area contributed by atoms with Crippen LogP contribution in [0.1, 0.15) is 6.92 Å². The van der Waals surface area contributed by atoms with Crippen molar-refractivity contribution in [3.05, 3.63) is 27.2 Å². The van der Waals surface area contributed by atoms with E-state index in [-0.39, 0.29) is 15.8 Å². The van der Waals surface area contributed by atoms with Gasteiger partial charge in [0.15, 0.2) is 5.75 Å². The average molecular weight is 269 g/mol. The number of hydrogen-bond acceptors (Lipinski definition) is 3. The van der Waals surface area contributed by atoms with Gasteiger partial charge in [-0.1, -0.05) is 34.8 Å². The molecule has 0 amide bonds. The summed E-state index contributed by atoms with van der Waals surface area (Å²) in [7, 11) is 0. The average Bonchev–Trinajstić information content (AvgIpc) is 2.13. The van der Waals surface area contributed by atoms with Crippen LogP contribution in [-0.2, 0) is 4.79 Å². The van der Waals surface area contributed by atoms with E-state index in [9.17, 15) is 4.79 Å². The first-order valence-corrected chi connectivity index (χ1v) is 5.17. The molecule has 1 atom stereocenters. The molecule has 2 N–H and O–H groups in total. The molecule has 6 heteroatoms. The van der Waals surface area contributed by atoms with Gasteiger partial charge in [-0.15, -0.1) is 0 Å². The van der Waals surface area contributed by atoms with Crippen LogP contribution < -0.4 is 10.5 Å². The Hall–Kier alpha value is -0.480. The van der Waals surface area contributed by atoms with Crippen LogP contribution in [0.2, 0.25) is 15.1 Å². The largest absolute Gasteiger partial charge is 0.424 e. The van der Waals surface area contributed by atoms with Gasteiger partial charge in [0.25, 0.3) is 0 Å². The maximum atomic E-state index is 11.2. The Kier molecular flexibility index (Phi) is 4.22. The summed E-state index contributed by atoms with van der Waals surface area (Å²) >= 11 is 17.2. The lowest BCUT2D eigenvalue weighted by Gasteiger charge is -2.09. The minimum Gasteiger partial charge on any atom is -0.424 e. The zero-order chi connectivity index (χ0) is 11.6. The van der Waals surface area contributed by atoms with Crippen molar-refractivity contribution in [2.45, 2.75) is 13.0 Å². The normalized spacial score (nSPS) is 12.3. The predicted octanol–water partition coefficient (Wildman–Crippen LogP) is 2.90. The highest BCUT2D eigenvalue weighted by molar-refractivity contribution is 6.43. The molecule has 0 aromatic heterocycles. The molecule has 0 aliphatic heterocycles. The van der Waals surface area contributed by atoms with Gasteiger partial charge < -0.3 is 10.5 Å². The maximum absolute atomic E-state index is 11.2. The second kappa shape index (κ2) is 5.03. The van der Waals surface area contributed by atoms with E-state index in [1.807, 2.05) is 0 Å². The third-order valence-corrected chi connectivity index (χ3v) is 2.57. The Morgan fingerprint density at radius 3 is 2.33 bits per heavy atom. The van der Waals surface area contributed by atoms with Crippen LogP contribution in [0, 0.1) is 0 Å². The lowest BCUT2D eigenvalue weighted by atomic mass is 10.3. The predicted molar refractivity (Wildman–Crippen MR) is 60.8 cm³/mol. The number of carbonyl (C=O) groups is 1. The molecule has 0 aliphatic carbocycles. The van der Waals surface area contributed by atoms with Crippen LogP contribution in [-0.4, -0.2) is 12.0 Å². The fourth-order valence-electron chi connectivity index (χ4n) is 0.784. The number of carbonyl (C=O) groups excluding carboxylic acids is 1. The molecule has 3 nitrogen and oxygen atoms in total. The molecule has 1 aromatic rings. The Bertz CT molecular complexity index is 393. The van der Waals surface area contributed by atoms with E-state index < -0.39 is 12.0 Å². The summed E-state index contributed by atoms with van der Waals surface area (Å²) in [5, 5.41) is 0.759. The van der Waals surface area contributed by atoms with Crippen molar-refractivity contribution in [3.63, 3.8) is 0 Å². The molecule has 0 aliphatic rings. The summed E-state index contributed by atoms with van der Waals surface area (Å²) in [6.45, 7) is 1.51. The minimum absolute atomic E-state index is 0.147. The highest BCUT2D eigenvalue weighted by atomic mass is 35.5. The number of halogens is 3. The molecule has 1 aromatic carbocycles. The summed E-state index contributed by atoms with van der Waals surface area (Å²) in [5.74, 6) is -0.441. The van der Waals surface area contributed by atoms with Gasteiger partial charge in [-0.25, -0.2) is 4.79 Å². The fraction of sp³-hybridized carbons (Fsp3) is 0.222. The number of hydrogen-bond donors (Lipinski definition) is 1. The molecule has 0 saturated carbocycles. The zero-order valence-corrected chi connectivity index (χ0v) is 10.0. The van der Waals surface area contributed by atoms with E-state index in [0.29, 0.717) is 5.02 Å². The second-order valence-corrected chi connectivity index (χ2v) is 4.13. The first-order chi connectivity index (χ1) is 6.91. The van der Waals surface area contributed by atoms with Crippen molar-refractivity contribution in [1.29, 1.82) is 0 Å². The molecule has 0 radical (unpaired) electrons. The summed E-state index contributed by atoms with van der Waals surface area (Å²) in [6, 6.07) is 2.04. The molecule has 0 saturated heterocycles. The number of esters is 1. The highest BCUT2D eigenvalue weighted by Crippen LogP contribution is 2.33. The van der Waals surface area contributed by atoms with Crippen LogP contribution in [0.25, 0.3) is 0 Å². The van der Waals surface area contributed by atoms with E-state index in [4.69, 9.17) is 45.3 Å². The molecule has 1 rings (SSSR count). The van der Waals surface area contributed by atoms with Crippen molar-refractivity contribution in [2.24, 2.45) is 5.73 Å². The van der Waals surface area contributed by atoms with Crippen molar-refractivity contribution >= 4 is 40.8 Å². The van der Waals surface area contributed by atoms with E-state index >= 15 is 0 Å². The molecule has 0 spiro atoms. The third-order valence-electron chi connectivity index (χ3n) is 1.56. The number of nitrogens with two attached hydrogens (primary N) is 1. The monoisotopic (exact) mass is 267 g/mol. The van der Waals surface area contributed by atoms with Crippen molar-refractivity contribution in [3.8, 4) is 5.75 Å². The van der Waals surface area contributed by atoms with Crippen LogP contribution in [0.4, 0.5) is 0 Å². The van der Waals surface area contributed by atoms with Crippen LogP contribution in [0.5, 0.6) is 5.75 Å². The van der Waals surface area contributed by atoms with Gasteiger partial charge in [0.05, 0.1) is 15.1 Å². The maximum Gasteiger partial charge on any atom is 0.328 e. The molecule has 0 unspecified atom stereocenters. The van der Waals surface area contributed by atoms with Gasteiger partial charge in [-0.05, 0) is 13.0 Å². The lowest BCUT2D eigenvalue weighted by Crippen LogP contribution is -2.30. The number of rotatable bonds is 2. The van der Waals surface area contributed by atoms with Crippen molar-refractivity contribution in [2.75, 3.05) is 0 Å². The van der Waals surface area contributed by atoms with E-state index in [0.717, 1.165) is 0 Å². The van der Waals surface area contributed by atoms with Gasteiger partial charge in [-0.3, -0.25) is 0 Å². The SMILES string of the molecule is C[C@H](N)C(=O)Oc1cc(Cl)c(Cl)cc1Cl. The molecular weight excluding hydrogens is 260 g/mol. The van der Waals surface area contributed by atoms with E-state index in [1.165, 1.54) is 19.1 Å². The van der Waals surface area contributed by atoms with Crippen LogP contribution >= 0.6 is 34.8 Å². The van der Waals surface area contributed by atoms with Gasteiger partial charge in [-0.2, -0.15) is 0 Å². The summed E-state index contributed by atoms with van der Waals surface area (Å²) in [5.41, 5.74) is 5.33. The van der Waals surface area contributed by atoms with E-state index in [1.54, 1.807) is 0 Å². The Balaban J connectivity index is 2.96. The molecule has 15 heavy (non-hydrogen) atoms. The van der Waals surface area contributed by atoms with E-state index in [2.05, 4.69) is 0 Å². The number of ether oxygens (including phenoxy) is 1.